The van der Waals surface area contributed by atoms with Crippen LogP contribution in [0.3, 0.4) is 0 Å². The first kappa shape index (κ1) is 9.96. The van der Waals surface area contributed by atoms with Crippen LogP contribution in [0.4, 0.5) is 0 Å². The number of allylic oxidation sites excluding steroid dienone is 1. The summed E-state index contributed by atoms with van der Waals surface area (Å²) in [6.07, 6.45) is 0.403. The SMILES string of the molecule is CC1=C(CC(=O)O)C(C)(C)C(=O)C1. The minimum absolute atomic E-state index is 0.00935. The summed E-state index contributed by atoms with van der Waals surface area (Å²) in [5, 5.41) is 8.66. The van der Waals surface area contributed by atoms with Crippen LogP contribution in [0, 0.1) is 5.41 Å². The number of hydrogen-bond acceptors (Lipinski definition) is 2. The molecule has 1 aliphatic carbocycles. The highest BCUT2D eigenvalue weighted by molar-refractivity contribution is 5.94. The molecule has 1 aliphatic rings. The number of ketones is 1. The minimum Gasteiger partial charge on any atom is -0.481 e. The van der Waals surface area contributed by atoms with Crippen LogP contribution in [0.1, 0.15) is 33.6 Å². The van der Waals surface area contributed by atoms with Gasteiger partial charge in [0.1, 0.15) is 5.78 Å². The number of carboxylic acid groups (broad SMARTS) is 1. The van der Waals surface area contributed by atoms with Crippen molar-refractivity contribution < 1.29 is 14.7 Å². The summed E-state index contributed by atoms with van der Waals surface area (Å²) in [6.45, 7) is 5.43. The molecule has 0 saturated carbocycles. The maximum Gasteiger partial charge on any atom is 0.307 e. The molecule has 0 atom stereocenters. The number of carboxylic acids is 1. The van der Waals surface area contributed by atoms with Gasteiger partial charge in [0.2, 0.25) is 0 Å². The Labute approximate surface area is 77.4 Å². The van der Waals surface area contributed by atoms with E-state index in [1.54, 1.807) is 13.8 Å². The highest BCUT2D eigenvalue weighted by Crippen LogP contribution is 2.40. The van der Waals surface area contributed by atoms with E-state index in [4.69, 9.17) is 5.11 Å². The van der Waals surface area contributed by atoms with E-state index in [1.807, 2.05) is 6.92 Å². The summed E-state index contributed by atoms with van der Waals surface area (Å²) in [6, 6.07) is 0. The zero-order valence-corrected chi connectivity index (χ0v) is 8.18. The van der Waals surface area contributed by atoms with Gasteiger partial charge in [0, 0.05) is 11.8 Å². The average molecular weight is 182 g/mol. The fourth-order valence-electron chi connectivity index (χ4n) is 1.79. The fraction of sp³-hybridized carbons (Fsp3) is 0.600. The fourth-order valence-corrected chi connectivity index (χ4v) is 1.79. The smallest absolute Gasteiger partial charge is 0.307 e. The molecule has 0 spiro atoms. The number of rotatable bonds is 2. The molecular weight excluding hydrogens is 168 g/mol. The summed E-state index contributed by atoms with van der Waals surface area (Å²) in [7, 11) is 0. The van der Waals surface area contributed by atoms with Gasteiger partial charge in [-0.25, -0.2) is 0 Å². The maximum atomic E-state index is 11.5. The molecule has 3 nitrogen and oxygen atoms in total. The van der Waals surface area contributed by atoms with Crippen LogP contribution < -0.4 is 0 Å². The predicted molar refractivity (Wildman–Crippen MR) is 48.4 cm³/mol. The monoisotopic (exact) mass is 182 g/mol. The Balaban J connectivity index is 2.99. The highest BCUT2D eigenvalue weighted by atomic mass is 16.4. The van der Waals surface area contributed by atoms with Gasteiger partial charge in [-0.05, 0) is 26.3 Å². The zero-order chi connectivity index (χ0) is 10.2. The quantitative estimate of drug-likeness (QED) is 0.662. The Bertz CT molecular complexity index is 297. The van der Waals surface area contributed by atoms with Crippen LogP contribution in [-0.4, -0.2) is 16.9 Å². The van der Waals surface area contributed by atoms with E-state index in [1.165, 1.54) is 0 Å². The first-order valence-electron chi connectivity index (χ1n) is 4.30. The number of carbonyl (C=O) groups is 2. The third-order valence-electron chi connectivity index (χ3n) is 2.72. The molecular formula is C10H14O3. The average Bonchev–Trinajstić information content (AvgIpc) is 2.13. The zero-order valence-electron chi connectivity index (χ0n) is 8.18. The molecule has 13 heavy (non-hydrogen) atoms. The van der Waals surface area contributed by atoms with Crippen LogP contribution in [0.2, 0.25) is 0 Å². The van der Waals surface area contributed by atoms with Crippen molar-refractivity contribution in [2.75, 3.05) is 0 Å². The molecule has 0 radical (unpaired) electrons. The molecule has 0 fully saturated rings. The van der Waals surface area contributed by atoms with Gasteiger partial charge in [0.05, 0.1) is 6.42 Å². The Kier molecular flexibility index (Phi) is 2.28. The standard InChI is InChI=1S/C10H14O3/c1-6-4-8(11)10(2,3)7(6)5-9(12)13/h4-5H2,1-3H3,(H,12,13). The van der Waals surface area contributed by atoms with Crippen molar-refractivity contribution in [1.29, 1.82) is 0 Å². The van der Waals surface area contributed by atoms with Crippen molar-refractivity contribution in [3.63, 3.8) is 0 Å². The number of hydrogen-bond donors (Lipinski definition) is 1. The van der Waals surface area contributed by atoms with E-state index < -0.39 is 11.4 Å². The lowest BCUT2D eigenvalue weighted by Crippen LogP contribution is -2.22. The molecule has 72 valence electrons. The van der Waals surface area contributed by atoms with Crippen LogP contribution in [-0.2, 0) is 9.59 Å². The van der Waals surface area contributed by atoms with E-state index in [2.05, 4.69) is 0 Å². The third-order valence-corrected chi connectivity index (χ3v) is 2.72. The van der Waals surface area contributed by atoms with Gasteiger partial charge < -0.3 is 5.11 Å². The van der Waals surface area contributed by atoms with Gasteiger partial charge in [-0.1, -0.05) is 5.57 Å². The normalized spacial score (nSPS) is 21.0. The van der Waals surface area contributed by atoms with E-state index >= 15 is 0 Å². The van der Waals surface area contributed by atoms with Crippen molar-refractivity contribution in [2.24, 2.45) is 5.41 Å². The van der Waals surface area contributed by atoms with E-state index in [0.717, 1.165) is 11.1 Å². The largest absolute Gasteiger partial charge is 0.481 e. The second kappa shape index (κ2) is 2.98. The van der Waals surface area contributed by atoms with Gasteiger partial charge in [0.25, 0.3) is 0 Å². The van der Waals surface area contributed by atoms with Crippen molar-refractivity contribution in [1.82, 2.24) is 0 Å². The minimum atomic E-state index is -0.864. The molecule has 0 saturated heterocycles. The second-order valence-corrected chi connectivity index (χ2v) is 4.05. The molecule has 3 heteroatoms. The molecule has 0 aromatic carbocycles. The number of Topliss-reactive ketones (excluding diaryl/α,β-unsaturated/α-hetero) is 1. The van der Waals surface area contributed by atoms with Crippen molar-refractivity contribution in [3.8, 4) is 0 Å². The van der Waals surface area contributed by atoms with Crippen molar-refractivity contribution >= 4 is 11.8 Å². The van der Waals surface area contributed by atoms with Gasteiger partial charge >= 0.3 is 5.97 Å². The Morgan fingerprint density at radius 2 is 2.08 bits per heavy atom. The number of carbonyl (C=O) groups excluding carboxylic acids is 1. The number of aliphatic carboxylic acids is 1. The predicted octanol–water partition coefficient (Wildman–Crippen LogP) is 1.78. The van der Waals surface area contributed by atoms with Gasteiger partial charge in [-0.3, -0.25) is 9.59 Å². The molecule has 0 aliphatic heterocycles. The lowest BCUT2D eigenvalue weighted by Gasteiger charge is -2.19. The Morgan fingerprint density at radius 1 is 1.54 bits per heavy atom. The molecule has 0 amide bonds. The van der Waals surface area contributed by atoms with Crippen molar-refractivity contribution in [3.05, 3.63) is 11.1 Å². The summed E-state index contributed by atoms with van der Waals surface area (Å²) in [5.74, 6) is -0.738. The van der Waals surface area contributed by atoms with Gasteiger partial charge in [-0.2, -0.15) is 0 Å². The third kappa shape index (κ3) is 1.64. The highest BCUT2D eigenvalue weighted by Gasteiger charge is 2.39. The van der Waals surface area contributed by atoms with Crippen LogP contribution in [0.25, 0.3) is 0 Å². The maximum absolute atomic E-state index is 11.5. The van der Waals surface area contributed by atoms with E-state index in [9.17, 15) is 9.59 Å². The summed E-state index contributed by atoms with van der Waals surface area (Å²) in [4.78, 5) is 22.0. The molecule has 0 unspecified atom stereocenters. The molecule has 1 N–H and O–H groups in total. The molecule has 0 bridgehead atoms. The second-order valence-electron chi connectivity index (χ2n) is 4.05. The van der Waals surface area contributed by atoms with E-state index in [0.29, 0.717) is 6.42 Å². The van der Waals surface area contributed by atoms with Gasteiger partial charge in [0.15, 0.2) is 0 Å². The van der Waals surface area contributed by atoms with Crippen LogP contribution >= 0.6 is 0 Å². The Morgan fingerprint density at radius 3 is 2.38 bits per heavy atom. The first-order chi connectivity index (χ1) is 5.85. The van der Waals surface area contributed by atoms with Gasteiger partial charge in [-0.15, -0.1) is 0 Å². The Hall–Kier alpha value is -1.12. The van der Waals surface area contributed by atoms with Crippen LogP contribution in [0.5, 0.6) is 0 Å². The van der Waals surface area contributed by atoms with Crippen LogP contribution in [0.15, 0.2) is 11.1 Å². The summed E-state index contributed by atoms with van der Waals surface area (Å²) in [5.41, 5.74) is 1.14. The lowest BCUT2D eigenvalue weighted by atomic mass is 9.83. The molecule has 0 aromatic rings. The molecule has 0 heterocycles. The summed E-state index contributed by atoms with van der Waals surface area (Å²) < 4.78 is 0. The topological polar surface area (TPSA) is 54.4 Å². The molecule has 1 rings (SSSR count). The summed E-state index contributed by atoms with van der Waals surface area (Å²) >= 11 is 0. The lowest BCUT2D eigenvalue weighted by molar-refractivity contribution is -0.136. The van der Waals surface area contributed by atoms with E-state index in [-0.39, 0.29) is 12.2 Å². The van der Waals surface area contributed by atoms with Crippen molar-refractivity contribution in [2.45, 2.75) is 33.6 Å². The first-order valence-corrected chi connectivity index (χ1v) is 4.30. The molecule has 0 aromatic heterocycles.